The predicted octanol–water partition coefficient (Wildman–Crippen LogP) is 2.60. The van der Waals surface area contributed by atoms with Crippen LogP contribution in [0.15, 0.2) is 0 Å². The second kappa shape index (κ2) is 3.38. The first-order chi connectivity index (χ1) is 4.83. The number of rotatable bonds is 5. The van der Waals surface area contributed by atoms with E-state index in [0.29, 0.717) is 0 Å². The summed E-state index contributed by atoms with van der Waals surface area (Å²) in [5, 5.41) is 0. The maximum Gasteiger partial charge on any atom is 0.0467 e. The molecule has 1 heteroatoms. The summed E-state index contributed by atoms with van der Waals surface area (Å²) in [4.78, 5) is 0. The molecule has 1 aliphatic rings. The Bertz CT molecular complexity index is 94.9. The van der Waals surface area contributed by atoms with Gasteiger partial charge >= 0.3 is 0 Å². The highest BCUT2D eigenvalue weighted by molar-refractivity contribution is 4.91. The number of hydrogen-bond acceptors (Lipinski definition) is 1. The van der Waals surface area contributed by atoms with Gasteiger partial charge in [-0.1, -0.05) is 13.3 Å². The molecular formula is C9H18O. The normalized spacial score (nSPS) is 21.0. The van der Waals surface area contributed by atoms with Gasteiger partial charge in [0.15, 0.2) is 0 Å². The van der Waals surface area contributed by atoms with Crippen molar-refractivity contribution in [1.82, 2.24) is 0 Å². The lowest BCUT2D eigenvalue weighted by Crippen LogP contribution is -2.03. The molecule has 0 aromatic rings. The predicted molar refractivity (Wildman–Crippen MR) is 43.1 cm³/mol. The topological polar surface area (TPSA) is 9.23 Å². The van der Waals surface area contributed by atoms with E-state index in [0.717, 1.165) is 12.0 Å². The Balaban J connectivity index is 2.11. The van der Waals surface area contributed by atoms with Gasteiger partial charge in [-0.05, 0) is 31.1 Å². The standard InChI is InChI=1S/C9H18O/c1-3-4-9(5-6-9)7-8-10-2/h3-8H2,1-2H3. The summed E-state index contributed by atoms with van der Waals surface area (Å²) in [5.74, 6) is 0. The molecule has 0 aromatic carbocycles. The monoisotopic (exact) mass is 142 g/mol. The van der Waals surface area contributed by atoms with Crippen molar-refractivity contribution in [2.75, 3.05) is 13.7 Å². The third-order valence-electron chi connectivity index (χ3n) is 2.57. The van der Waals surface area contributed by atoms with Crippen molar-refractivity contribution in [2.24, 2.45) is 5.41 Å². The first-order valence-electron chi connectivity index (χ1n) is 4.32. The first-order valence-corrected chi connectivity index (χ1v) is 4.32. The highest BCUT2D eigenvalue weighted by Crippen LogP contribution is 2.52. The molecule has 60 valence electrons. The molecule has 0 unspecified atom stereocenters. The van der Waals surface area contributed by atoms with Gasteiger partial charge in [-0.25, -0.2) is 0 Å². The van der Waals surface area contributed by atoms with Gasteiger partial charge in [-0.2, -0.15) is 0 Å². The number of hydrogen-bond donors (Lipinski definition) is 0. The minimum absolute atomic E-state index is 0.727. The van der Waals surface area contributed by atoms with Gasteiger partial charge in [-0.3, -0.25) is 0 Å². The third-order valence-corrected chi connectivity index (χ3v) is 2.57. The van der Waals surface area contributed by atoms with Crippen LogP contribution < -0.4 is 0 Å². The van der Waals surface area contributed by atoms with Gasteiger partial charge in [0.25, 0.3) is 0 Å². The van der Waals surface area contributed by atoms with E-state index in [9.17, 15) is 0 Å². The van der Waals surface area contributed by atoms with E-state index < -0.39 is 0 Å². The average Bonchev–Trinajstić information content (AvgIpc) is 2.67. The van der Waals surface area contributed by atoms with E-state index in [4.69, 9.17) is 4.74 Å². The Morgan fingerprint density at radius 1 is 1.30 bits per heavy atom. The fourth-order valence-electron chi connectivity index (χ4n) is 1.65. The van der Waals surface area contributed by atoms with Gasteiger partial charge in [-0.15, -0.1) is 0 Å². The molecule has 1 fully saturated rings. The minimum Gasteiger partial charge on any atom is -0.385 e. The lowest BCUT2D eigenvalue weighted by atomic mass is 9.97. The first kappa shape index (κ1) is 8.06. The molecule has 0 spiro atoms. The molecule has 0 aromatic heterocycles. The van der Waals surface area contributed by atoms with Crippen molar-refractivity contribution in [3.8, 4) is 0 Å². The number of methoxy groups -OCH3 is 1. The van der Waals surface area contributed by atoms with Crippen molar-refractivity contribution in [1.29, 1.82) is 0 Å². The van der Waals surface area contributed by atoms with E-state index in [2.05, 4.69) is 6.92 Å². The van der Waals surface area contributed by atoms with Crippen molar-refractivity contribution < 1.29 is 4.74 Å². The minimum atomic E-state index is 0.727. The highest BCUT2D eigenvalue weighted by Gasteiger charge is 2.40. The molecule has 1 rings (SSSR count). The zero-order valence-electron chi connectivity index (χ0n) is 7.15. The summed E-state index contributed by atoms with van der Waals surface area (Å²) < 4.78 is 5.06. The summed E-state index contributed by atoms with van der Waals surface area (Å²) in [6.07, 6.45) is 6.94. The van der Waals surface area contributed by atoms with Crippen molar-refractivity contribution >= 4 is 0 Å². The molecule has 0 radical (unpaired) electrons. The van der Waals surface area contributed by atoms with Crippen LogP contribution in [0.3, 0.4) is 0 Å². The van der Waals surface area contributed by atoms with Crippen LogP contribution in [0.1, 0.15) is 39.0 Å². The SMILES string of the molecule is CCCC1(CCOC)CC1. The lowest BCUT2D eigenvalue weighted by Gasteiger charge is -2.11. The average molecular weight is 142 g/mol. The molecule has 0 bridgehead atoms. The van der Waals surface area contributed by atoms with Crippen LogP contribution in [0.2, 0.25) is 0 Å². The van der Waals surface area contributed by atoms with Gasteiger partial charge in [0, 0.05) is 13.7 Å². The second-order valence-electron chi connectivity index (χ2n) is 3.49. The molecular weight excluding hydrogens is 124 g/mol. The summed E-state index contributed by atoms with van der Waals surface area (Å²) in [6.45, 7) is 3.23. The fraction of sp³-hybridized carbons (Fsp3) is 1.00. The van der Waals surface area contributed by atoms with Crippen molar-refractivity contribution in [3.63, 3.8) is 0 Å². The summed E-state index contributed by atoms with van der Waals surface area (Å²) >= 11 is 0. The van der Waals surface area contributed by atoms with E-state index >= 15 is 0 Å². The molecule has 0 aliphatic heterocycles. The molecule has 10 heavy (non-hydrogen) atoms. The van der Waals surface area contributed by atoms with Crippen molar-refractivity contribution in [2.45, 2.75) is 39.0 Å². The van der Waals surface area contributed by atoms with Crippen LogP contribution in [0.4, 0.5) is 0 Å². The van der Waals surface area contributed by atoms with Crippen LogP contribution in [0.5, 0.6) is 0 Å². The molecule has 1 aliphatic carbocycles. The molecule has 0 saturated heterocycles. The summed E-state index contributed by atoms with van der Waals surface area (Å²) in [6, 6.07) is 0. The quantitative estimate of drug-likeness (QED) is 0.573. The molecule has 0 amide bonds. The van der Waals surface area contributed by atoms with Crippen LogP contribution >= 0.6 is 0 Å². The van der Waals surface area contributed by atoms with E-state index in [1.165, 1.54) is 32.1 Å². The Morgan fingerprint density at radius 2 is 2.00 bits per heavy atom. The maximum absolute atomic E-state index is 5.06. The zero-order chi connectivity index (χ0) is 7.45. The second-order valence-corrected chi connectivity index (χ2v) is 3.49. The van der Waals surface area contributed by atoms with Crippen LogP contribution in [-0.4, -0.2) is 13.7 Å². The lowest BCUT2D eigenvalue weighted by molar-refractivity contribution is 0.169. The van der Waals surface area contributed by atoms with Crippen molar-refractivity contribution in [3.05, 3.63) is 0 Å². The summed E-state index contributed by atoms with van der Waals surface area (Å²) in [5.41, 5.74) is 0.727. The van der Waals surface area contributed by atoms with Crippen LogP contribution in [0, 0.1) is 5.41 Å². The molecule has 1 saturated carbocycles. The maximum atomic E-state index is 5.06. The fourth-order valence-corrected chi connectivity index (χ4v) is 1.65. The Morgan fingerprint density at radius 3 is 2.40 bits per heavy atom. The highest BCUT2D eigenvalue weighted by atomic mass is 16.5. The van der Waals surface area contributed by atoms with E-state index in [1.54, 1.807) is 7.11 Å². The van der Waals surface area contributed by atoms with Gasteiger partial charge in [0.05, 0.1) is 0 Å². The molecule has 1 nitrogen and oxygen atoms in total. The molecule has 0 atom stereocenters. The van der Waals surface area contributed by atoms with Gasteiger partial charge < -0.3 is 4.74 Å². The smallest absolute Gasteiger partial charge is 0.0467 e. The largest absolute Gasteiger partial charge is 0.385 e. The van der Waals surface area contributed by atoms with Crippen LogP contribution in [-0.2, 0) is 4.74 Å². The van der Waals surface area contributed by atoms with E-state index in [1.807, 2.05) is 0 Å². The molecule has 0 heterocycles. The van der Waals surface area contributed by atoms with E-state index in [-0.39, 0.29) is 0 Å². The third kappa shape index (κ3) is 1.98. The van der Waals surface area contributed by atoms with Gasteiger partial charge in [0.1, 0.15) is 0 Å². The molecule has 0 N–H and O–H groups in total. The Kier molecular flexibility index (Phi) is 2.72. The Hall–Kier alpha value is -0.0400. The zero-order valence-corrected chi connectivity index (χ0v) is 7.15. The van der Waals surface area contributed by atoms with Crippen LogP contribution in [0.25, 0.3) is 0 Å². The number of ether oxygens (including phenoxy) is 1. The van der Waals surface area contributed by atoms with Gasteiger partial charge in [0.2, 0.25) is 0 Å². The summed E-state index contributed by atoms with van der Waals surface area (Å²) in [7, 11) is 1.79. The Labute approximate surface area is 63.8 Å².